The van der Waals surface area contributed by atoms with E-state index in [-0.39, 0.29) is 0 Å². The van der Waals surface area contributed by atoms with E-state index >= 15 is 0 Å². The predicted octanol–water partition coefficient (Wildman–Crippen LogP) is 7.31. The normalized spacial score (nSPS) is 16.2. The van der Waals surface area contributed by atoms with Crippen LogP contribution in [0.25, 0.3) is 0 Å². The van der Waals surface area contributed by atoms with E-state index in [2.05, 4.69) is 122 Å². The standard InChI is InChI=1S/C33H37PSi/c1-35(31-22-12-5-13-23-31,27-26-28-16-6-2-7-17-28)33-25-15-14-24-32(33)34(29-18-8-3-9-19-29)30-20-10-4-11-21-30/h2-4,6-11,14-21,24-25,31H,5,12-13,22-23,26-27H2,1H3. The molecule has 0 aliphatic heterocycles. The minimum atomic E-state index is -1.76. The first-order chi connectivity index (χ1) is 17.3. The first kappa shape index (κ1) is 24.2. The van der Waals surface area contributed by atoms with Gasteiger partial charge in [-0.25, -0.2) is 0 Å². The molecule has 1 saturated carbocycles. The van der Waals surface area contributed by atoms with E-state index in [1.165, 1.54) is 60.7 Å². The smallest absolute Gasteiger partial charge is 0.0650 e. The lowest BCUT2D eigenvalue weighted by Gasteiger charge is -2.41. The number of aryl methyl sites for hydroxylation is 1. The molecule has 0 nitrogen and oxygen atoms in total. The molecule has 1 fully saturated rings. The van der Waals surface area contributed by atoms with Crippen molar-refractivity contribution < 1.29 is 0 Å². The summed E-state index contributed by atoms with van der Waals surface area (Å²) in [6, 6.07) is 44.7. The second-order valence-electron chi connectivity index (χ2n) is 10.3. The van der Waals surface area contributed by atoms with Crippen molar-refractivity contribution in [3.05, 3.63) is 121 Å². The summed E-state index contributed by atoms with van der Waals surface area (Å²) in [6.07, 6.45) is 8.27. The Balaban J connectivity index is 1.62. The molecule has 1 unspecified atom stereocenters. The molecule has 178 valence electrons. The largest absolute Gasteiger partial charge is 0.0879 e. The molecule has 0 amide bonds. The molecule has 0 saturated heterocycles. The Morgan fingerprint density at radius 3 is 1.74 bits per heavy atom. The second kappa shape index (κ2) is 11.5. The molecule has 1 aliphatic carbocycles. The molecular formula is C33H37PSi. The zero-order valence-corrected chi connectivity index (χ0v) is 22.8. The van der Waals surface area contributed by atoms with Crippen LogP contribution in [0, 0.1) is 0 Å². The van der Waals surface area contributed by atoms with Gasteiger partial charge in [-0.2, -0.15) is 0 Å². The van der Waals surface area contributed by atoms with Crippen LogP contribution in [-0.2, 0) is 6.42 Å². The van der Waals surface area contributed by atoms with E-state index in [9.17, 15) is 0 Å². The summed E-state index contributed by atoms with van der Waals surface area (Å²) < 4.78 is 0. The quantitative estimate of drug-likeness (QED) is 0.179. The van der Waals surface area contributed by atoms with E-state index in [0.29, 0.717) is 0 Å². The molecule has 2 heteroatoms. The fourth-order valence-corrected chi connectivity index (χ4v) is 14.3. The molecule has 5 rings (SSSR count). The van der Waals surface area contributed by atoms with E-state index in [1.807, 2.05) is 0 Å². The molecule has 1 atom stereocenters. The van der Waals surface area contributed by atoms with Gasteiger partial charge >= 0.3 is 0 Å². The maximum atomic E-state index is 2.73. The van der Waals surface area contributed by atoms with Crippen molar-refractivity contribution in [3.63, 3.8) is 0 Å². The van der Waals surface area contributed by atoms with Crippen LogP contribution in [-0.4, -0.2) is 8.07 Å². The maximum Gasteiger partial charge on any atom is 0.0879 e. The highest BCUT2D eigenvalue weighted by Gasteiger charge is 2.40. The maximum absolute atomic E-state index is 2.73. The molecule has 4 aromatic rings. The number of benzene rings is 4. The number of hydrogen-bond acceptors (Lipinski definition) is 0. The third-order valence-electron chi connectivity index (χ3n) is 8.07. The summed E-state index contributed by atoms with van der Waals surface area (Å²) in [6.45, 7) is 2.73. The van der Waals surface area contributed by atoms with Gasteiger partial charge in [-0.15, -0.1) is 0 Å². The van der Waals surface area contributed by atoms with Crippen LogP contribution in [0.1, 0.15) is 37.7 Å². The van der Waals surface area contributed by atoms with Gasteiger partial charge in [0, 0.05) is 0 Å². The average molecular weight is 493 g/mol. The Bertz CT molecular complexity index is 1150. The van der Waals surface area contributed by atoms with Gasteiger partial charge in [-0.3, -0.25) is 0 Å². The Hall–Kier alpha value is -2.47. The van der Waals surface area contributed by atoms with Gasteiger partial charge in [0.05, 0.1) is 8.07 Å². The zero-order chi connectivity index (χ0) is 23.9. The van der Waals surface area contributed by atoms with Crippen molar-refractivity contribution in [2.24, 2.45) is 0 Å². The first-order valence-electron chi connectivity index (χ1n) is 13.3. The van der Waals surface area contributed by atoms with Crippen LogP contribution in [0.5, 0.6) is 0 Å². The van der Waals surface area contributed by atoms with E-state index < -0.39 is 16.0 Å². The fraction of sp³-hybridized carbons (Fsp3) is 0.273. The second-order valence-corrected chi connectivity index (χ2v) is 17.1. The lowest BCUT2D eigenvalue weighted by molar-refractivity contribution is 0.492. The highest BCUT2D eigenvalue weighted by atomic mass is 31.1. The molecule has 0 spiro atoms. The van der Waals surface area contributed by atoms with Crippen molar-refractivity contribution >= 4 is 37.1 Å². The van der Waals surface area contributed by atoms with Gasteiger partial charge < -0.3 is 0 Å². The molecule has 0 radical (unpaired) electrons. The van der Waals surface area contributed by atoms with E-state index in [4.69, 9.17) is 0 Å². The summed E-state index contributed by atoms with van der Waals surface area (Å²) in [7, 11) is -2.35. The SMILES string of the molecule is C[Si](CCc1ccccc1)(c1ccccc1P(c1ccccc1)c1ccccc1)C1CCCCC1. The molecule has 0 N–H and O–H groups in total. The molecule has 4 aromatic carbocycles. The summed E-state index contributed by atoms with van der Waals surface area (Å²) in [5.41, 5.74) is 2.37. The van der Waals surface area contributed by atoms with Crippen molar-refractivity contribution in [2.45, 2.75) is 56.7 Å². The molecule has 0 heterocycles. The minimum absolute atomic E-state index is 0.582. The van der Waals surface area contributed by atoms with Gasteiger partial charge in [0.1, 0.15) is 0 Å². The van der Waals surface area contributed by atoms with Crippen LogP contribution >= 0.6 is 7.92 Å². The van der Waals surface area contributed by atoms with E-state index in [0.717, 1.165) is 5.54 Å². The highest BCUT2D eigenvalue weighted by molar-refractivity contribution is 7.80. The molecular weight excluding hydrogens is 455 g/mol. The summed E-state index contributed by atoms with van der Waals surface area (Å²) in [4.78, 5) is 0. The Morgan fingerprint density at radius 1 is 0.629 bits per heavy atom. The van der Waals surface area contributed by atoms with Crippen molar-refractivity contribution in [1.82, 2.24) is 0 Å². The van der Waals surface area contributed by atoms with E-state index in [1.54, 1.807) is 10.5 Å². The van der Waals surface area contributed by atoms with Crippen LogP contribution in [0.15, 0.2) is 115 Å². The Labute approximate surface area is 214 Å². The molecule has 0 bridgehead atoms. The number of rotatable bonds is 8. The monoisotopic (exact) mass is 492 g/mol. The lowest BCUT2D eigenvalue weighted by Crippen LogP contribution is -2.55. The Kier molecular flexibility index (Phi) is 7.97. The zero-order valence-electron chi connectivity index (χ0n) is 20.9. The number of hydrogen-bond donors (Lipinski definition) is 0. The topological polar surface area (TPSA) is 0 Å². The minimum Gasteiger partial charge on any atom is -0.0650 e. The van der Waals surface area contributed by atoms with Gasteiger partial charge in [-0.1, -0.05) is 159 Å². The third-order valence-corrected chi connectivity index (χ3v) is 16.1. The lowest BCUT2D eigenvalue weighted by atomic mass is 10.0. The fourth-order valence-electron chi connectivity index (χ4n) is 6.08. The predicted molar refractivity (Wildman–Crippen MR) is 158 cm³/mol. The summed E-state index contributed by atoms with van der Waals surface area (Å²) >= 11 is 0. The molecule has 35 heavy (non-hydrogen) atoms. The van der Waals surface area contributed by atoms with Crippen molar-refractivity contribution in [2.75, 3.05) is 0 Å². The molecule has 0 aromatic heterocycles. The third kappa shape index (κ3) is 5.53. The van der Waals surface area contributed by atoms with Crippen LogP contribution in [0.4, 0.5) is 0 Å². The first-order valence-corrected chi connectivity index (χ1v) is 17.4. The van der Waals surface area contributed by atoms with Crippen LogP contribution in [0.2, 0.25) is 18.1 Å². The van der Waals surface area contributed by atoms with Gasteiger partial charge in [0.25, 0.3) is 0 Å². The molecule has 1 aliphatic rings. The van der Waals surface area contributed by atoms with Crippen molar-refractivity contribution in [1.29, 1.82) is 0 Å². The van der Waals surface area contributed by atoms with Gasteiger partial charge in [-0.05, 0) is 47.4 Å². The Morgan fingerprint density at radius 2 is 1.14 bits per heavy atom. The summed E-state index contributed by atoms with van der Waals surface area (Å²) in [5.74, 6) is 0. The van der Waals surface area contributed by atoms with Crippen LogP contribution in [0.3, 0.4) is 0 Å². The average Bonchev–Trinajstić information content (AvgIpc) is 2.94. The van der Waals surface area contributed by atoms with Crippen LogP contribution < -0.4 is 21.1 Å². The highest BCUT2D eigenvalue weighted by Crippen LogP contribution is 2.41. The van der Waals surface area contributed by atoms with Crippen molar-refractivity contribution in [3.8, 4) is 0 Å². The van der Waals surface area contributed by atoms with Gasteiger partial charge in [0.15, 0.2) is 0 Å². The summed E-state index contributed by atoms with van der Waals surface area (Å²) in [5, 5.41) is 6.25. The van der Waals surface area contributed by atoms with Gasteiger partial charge in [0.2, 0.25) is 0 Å².